The van der Waals surface area contributed by atoms with Crippen molar-refractivity contribution in [2.75, 3.05) is 11.1 Å². The quantitative estimate of drug-likeness (QED) is 0.412. The van der Waals surface area contributed by atoms with Crippen LogP contribution < -0.4 is 16.6 Å². The van der Waals surface area contributed by atoms with Crippen LogP contribution in [0.4, 0.5) is 16.0 Å². The number of halogens is 2. The number of nitrogens with two attached hydrogens (primary N) is 1. The van der Waals surface area contributed by atoms with Crippen molar-refractivity contribution in [2.24, 2.45) is 5.92 Å². The maximum atomic E-state index is 14.9. The average molecular weight is 491 g/mol. The Bertz CT molecular complexity index is 1550. The zero-order chi connectivity index (χ0) is 24.7. The summed E-state index contributed by atoms with van der Waals surface area (Å²) in [6, 6.07) is 7.35. The van der Waals surface area contributed by atoms with E-state index in [9.17, 15) is 14.4 Å². The SMILES string of the molecule is Cc1nc(N)c(C#N)c(NC(CC2CC2)c2nc3c(F)ccc(Cl)c3c(=O)n2-c2cccnc2)n1. The van der Waals surface area contributed by atoms with Crippen LogP contribution >= 0.6 is 11.6 Å². The van der Waals surface area contributed by atoms with E-state index in [-0.39, 0.29) is 38.9 Å². The summed E-state index contributed by atoms with van der Waals surface area (Å²) in [4.78, 5) is 30.9. The van der Waals surface area contributed by atoms with Gasteiger partial charge in [-0.15, -0.1) is 0 Å². The topological polar surface area (TPSA) is 135 Å². The van der Waals surface area contributed by atoms with Gasteiger partial charge in [-0.2, -0.15) is 5.26 Å². The third-order valence-electron chi connectivity index (χ3n) is 5.90. The molecule has 0 bridgehead atoms. The molecule has 1 aliphatic carbocycles. The summed E-state index contributed by atoms with van der Waals surface area (Å²) in [6.07, 6.45) is 5.71. The molecule has 3 aromatic heterocycles. The predicted molar refractivity (Wildman–Crippen MR) is 130 cm³/mol. The Labute approximate surface area is 204 Å². The monoisotopic (exact) mass is 490 g/mol. The number of pyridine rings is 1. The summed E-state index contributed by atoms with van der Waals surface area (Å²) in [5, 5.41) is 13.0. The van der Waals surface area contributed by atoms with E-state index in [0.717, 1.165) is 12.8 Å². The number of aromatic nitrogens is 5. The van der Waals surface area contributed by atoms with Crippen LogP contribution in [0.2, 0.25) is 5.02 Å². The molecule has 0 amide bonds. The summed E-state index contributed by atoms with van der Waals surface area (Å²) in [5.41, 5.74) is 5.84. The summed E-state index contributed by atoms with van der Waals surface area (Å²) >= 11 is 6.31. The van der Waals surface area contributed by atoms with Crippen LogP contribution in [0.15, 0.2) is 41.5 Å². The second-order valence-electron chi connectivity index (χ2n) is 8.44. The van der Waals surface area contributed by atoms with Gasteiger partial charge in [-0.3, -0.25) is 14.3 Å². The minimum Gasteiger partial charge on any atom is -0.382 e. The highest BCUT2D eigenvalue weighted by Gasteiger charge is 2.31. The molecule has 0 spiro atoms. The normalized spacial score (nSPS) is 14.0. The lowest BCUT2D eigenvalue weighted by atomic mass is 10.1. The van der Waals surface area contributed by atoms with Crippen LogP contribution in [-0.4, -0.2) is 24.5 Å². The first-order valence-electron chi connectivity index (χ1n) is 11.0. The van der Waals surface area contributed by atoms with Gasteiger partial charge in [-0.05, 0) is 43.5 Å². The second-order valence-corrected chi connectivity index (χ2v) is 8.85. The molecule has 176 valence electrons. The van der Waals surface area contributed by atoms with E-state index in [4.69, 9.17) is 17.3 Å². The van der Waals surface area contributed by atoms with Crippen LogP contribution in [0.1, 0.15) is 42.5 Å². The third-order valence-corrected chi connectivity index (χ3v) is 6.22. The summed E-state index contributed by atoms with van der Waals surface area (Å²) in [7, 11) is 0. The van der Waals surface area contributed by atoms with Crippen molar-refractivity contribution >= 4 is 34.1 Å². The van der Waals surface area contributed by atoms with Gasteiger partial charge in [0.15, 0.2) is 5.82 Å². The predicted octanol–water partition coefficient (Wildman–Crippen LogP) is 4.08. The van der Waals surface area contributed by atoms with E-state index in [1.54, 1.807) is 25.3 Å². The number of fused-ring (bicyclic) bond motifs is 1. The summed E-state index contributed by atoms with van der Waals surface area (Å²) in [5.74, 6) is 0.609. The highest BCUT2D eigenvalue weighted by atomic mass is 35.5. The number of benzene rings is 1. The van der Waals surface area contributed by atoms with Crippen molar-refractivity contribution in [3.63, 3.8) is 0 Å². The van der Waals surface area contributed by atoms with Crippen molar-refractivity contribution in [1.82, 2.24) is 24.5 Å². The minimum absolute atomic E-state index is 0.0238. The standard InChI is InChI=1S/C24H20ClFN8O/c1-12-30-21(28)15(10-27)22(31-12)32-18(9-13-4-5-13)23-33-20-17(26)7-6-16(25)19(20)24(35)34(23)14-3-2-8-29-11-14/h2-3,6-8,11,13,18H,4-5,9H2,1H3,(H3,28,30,31,32). The van der Waals surface area contributed by atoms with Gasteiger partial charge in [-0.1, -0.05) is 24.4 Å². The summed E-state index contributed by atoms with van der Waals surface area (Å²) in [6.45, 7) is 1.66. The third kappa shape index (κ3) is 4.26. The molecule has 1 aliphatic rings. The molecule has 0 aliphatic heterocycles. The highest BCUT2D eigenvalue weighted by Crippen LogP contribution is 2.39. The number of hydrogen-bond donors (Lipinski definition) is 2. The smallest absolute Gasteiger partial charge is 0.267 e. The van der Waals surface area contributed by atoms with Crippen molar-refractivity contribution in [3.8, 4) is 11.8 Å². The number of nitriles is 1. The molecule has 1 fully saturated rings. The number of nitrogens with one attached hydrogen (secondary N) is 1. The molecule has 11 heteroatoms. The fourth-order valence-electron chi connectivity index (χ4n) is 4.09. The Hall–Kier alpha value is -4.10. The molecule has 1 atom stereocenters. The number of aryl methyl sites for hydroxylation is 1. The number of hydrogen-bond acceptors (Lipinski definition) is 8. The molecular formula is C24H20ClFN8O. The van der Waals surface area contributed by atoms with Crippen LogP contribution in [-0.2, 0) is 0 Å². The average Bonchev–Trinajstić information content (AvgIpc) is 3.65. The Morgan fingerprint density at radius 3 is 2.80 bits per heavy atom. The molecule has 3 heterocycles. The van der Waals surface area contributed by atoms with Crippen LogP contribution in [0.3, 0.4) is 0 Å². The van der Waals surface area contributed by atoms with Gasteiger partial charge >= 0.3 is 0 Å². The Morgan fingerprint density at radius 1 is 1.31 bits per heavy atom. The Balaban J connectivity index is 1.78. The van der Waals surface area contributed by atoms with Gasteiger partial charge in [0.2, 0.25) is 0 Å². The van der Waals surface area contributed by atoms with E-state index in [1.807, 2.05) is 6.07 Å². The van der Waals surface area contributed by atoms with E-state index in [2.05, 4.69) is 25.3 Å². The molecule has 1 saturated carbocycles. The molecule has 1 unspecified atom stereocenters. The molecule has 5 rings (SSSR count). The Kier molecular flexibility index (Phi) is 5.78. The minimum atomic E-state index is -0.661. The number of nitrogens with zero attached hydrogens (tertiary/aromatic N) is 6. The first-order valence-corrected chi connectivity index (χ1v) is 11.4. The molecule has 9 nitrogen and oxygen atoms in total. The van der Waals surface area contributed by atoms with Crippen molar-refractivity contribution < 1.29 is 4.39 Å². The van der Waals surface area contributed by atoms with Gasteiger partial charge in [-0.25, -0.2) is 19.3 Å². The second kappa shape index (κ2) is 8.92. The van der Waals surface area contributed by atoms with Gasteiger partial charge in [0.25, 0.3) is 5.56 Å². The first-order chi connectivity index (χ1) is 16.9. The van der Waals surface area contributed by atoms with Gasteiger partial charge in [0.05, 0.1) is 28.3 Å². The van der Waals surface area contributed by atoms with E-state index < -0.39 is 17.4 Å². The fraction of sp³-hybridized carbons (Fsp3) is 0.250. The number of rotatable bonds is 6. The van der Waals surface area contributed by atoms with E-state index in [0.29, 0.717) is 23.9 Å². The zero-order valence-corrected chi connectivity index (χ0v) is 19.4. The zero-order valence-electron chi connectivity index (χ0n) is 18.7. The van der Waals surface area contributed by atoms with Gasteiger partial charge in [0, 0.05) is 6.20 Å². The largest absolute Gasteiger partial charge is 0.382 e. The molecule has 0 radical (unpaired) electrons. The summed E-state index contributed by atoms with van der Waals surface area (Å²) < 4.78 is 16.2. The van der Waals surface area contributed by atoms with Gasteiger partial charge in [0.1, 0.15) is 40.4 Å². The molecule has 3 N–H and O–H groups in total. The lowest BCUT2D eigenvalue weighted by Gasteiger charge is -2.24. The first kappa shape index (κ1) is 22.7. The van der Waals surface area contributed by atoms with E-state index >= 15 is 0 Å². The lowest BCUT2D eigenvalue weighted by Crippen LogP contribution is -2.29. The van der Waals surface area contributed by atoms with Gasteiger partial charge < -0.3 is 11.1 Å². The number of nitrogen functional groups attached to an aromatic ring is 1. The number of anilines is 2. The molecule has 1 aromatic carbocycles. The van der Waals surface area contributed by atoms with Crippen LogP contribution in [0.5, 0.6) is 0 Å². The maximum absolute atomic E-state index is 14.9. The van der Waals surface area contributed by atoms with Crippen molar-refractivity contribution in [3.05, 3.63) is 75.1 Å². The lowest BCUT2D eigenvalue weighted by molar-refractivity contribution is 0.578. The molecule has 0 saturated heterocycles. The fourth-order valence-corrected chi connectivity index (χ4v) is 4.33. The maximum Gasteiger partial charge on any atom is 0.267 e. The van der Waals surface area contributed by atoms with E-state index in [1.165, 1.54) is 22.9 Å². The van der Waals surface area contributed by atoms with Crippen LogP contribution in [0, 0.1) is 30.0 Å². The van der Waals surface area contributed by atoms with Crippen LogP contribution in [0.25, 0.3) is 16.6 Å². The Morgan fingerprint density at radius 2 is 2.11 bits per heavy atom. The molecule has 4 aromatic rings. The highest BCUT2D eigenvalue weighted by molar-refractivity contribution is 6.35. The molecule has 35 heavy (non-hydrogen) atoms. The van der Waals surface area contributed by atoms with Crippen molar-refractivity contribution in [2.45, 2.75) is 32.2 Å². The molecular weight excluding hydrogens is 471 g/mol. The van der Waals surface area contributed by atoms with Crippen molar-refractivity contribution in [1.29, 1.82) is 5.26 Å².